The third-order valence-corrected chi connectivity index (χ3v) is 5.44. The summed E-state index contributed by atoms with van der Waals surface area (Å²) in [7, 11) is 0. The molecule has 2 atom stereocenters. The first-order chi connectivity index (χ1) is 11.7. The van der Waals surface area contributed by atoms with E-state index >= 15 is 0 Å². The van der Waals surface area contributed by atoms with E-state index in [9.17, 15) is 9.59 Å². The zero-order chi connectivity index (χ0) is 16.3. The average molecular weight is 327 g/mol. The number of H-pyrrole nitrogens is 1. The number of amides is 2. The number of aromatic amines is 1. The van der Waals surface area contributed by atoms with Crippen LogP contribution in [0.25, 0.3) is 11.0 Å². The van der Waals surface area contributed by atoms with Crippen molar-refractivity contribution in [3.8, 4) is 0 Å². The van der Waals surface area contributed by atoms with Crippen molar-refractivity contribution in [3.63, 3.8) is 0 Å². The van der Waals surface area contributed by atoms with Crippen molar-refractivity contribution in [3.05, 3.63) is 23.8 Å². The molecule has 3 aliphatic heterocycles. The van der Waals surface area contributed by atoms with Gasteiger partial charge in [0.15, 0.2) is 5.72 Å². The monoisotopic (exact) mass is 327 g/mol. The molecule has 0 aliphatic carbocycles. The van der Waals surface area contributed by atoms with Crippen LogP contribution in [0.15, 0.2) is 18.2 Å². The molecular formula is C16H17N5O3. The molecule has 0 bridgehead atoms. The van der Waals surface area contributed by atoms with Crippen LogP contribution in [0.2, 0.25) is 0 Å². The van der Waals surface area contributed by atoms with Crippen LogP contribution in [0.4, 0.5) is 0 Å². The second-order valence-electron chi connectivity index (χ2n) is 6.59. The van der Waals surface area contributed by atoms with Crippen LogP contribution in [-0.4, -0.2) is 68.5 Å². The minimum Gasteiger partial charge on any atom is -0.353 e. The van der Waals surface area contributed by atoms with Crippen molar-refractivity contribution >= 4 is 22.8 Å². The Balaban J connectivity index is 1.49. The Morgan fingerprint density at radius 1 is 1.29 bits per heavy atom. The molecule has 5 rings (SSSR count). The fourth-order valence-electron chi connectivity index (χ4n) is 4.33. The molecule has 124 valence electrons. The van der Waals surface area contributed by atoms with Gasteiger partial charge in [-0.15, -0.1) is 0 Å². The van der Waals surface area contributed by atoms with Gasteiger partial charge >= 0.3 is 0 Å². The minimum atomic E-state index is -0.608. The van der Waals surface area contributed by atoms with Crippen LogP contribution in [0.3, 0.4) is 0 Å². The maximum absolute atomic E-state index is 13.0. The van der Waals surface area contributed by atoms with E-state index in [2.05, 4.69) is 15.4 Å². The first-order valence-electron chi connectivity index (χ1n) is 8.25. The number of likely N-dealkylation sites (tertiary alicyclic amines) is 1. The summed E-state index contributed by atoms with van der Waals surface area (Å²) in [6.07, 6.45) is 1.89. The molecule has 2 amide bonds. The molecule has 0 unspecified atom stereocenters. The second-order valence-corrected chi connectivity index (χ2v) is 6.59. The van der Waals surface area contributed by atoms with Crippen molar-refractivity contribution in [1.29, 1.82) is 0 Å². The third-order valence-electron chi connectivity index (χ3n) is 5.44. The quantitative estimate of drug-likeness (QED) is 0.824. The van der Waals surface area contributed by atoms with Gasteiger partial charge in [-0.1, -0.05) is 0 Å². The lowest BCUT2D eigenvalue weighted by molar-refractivity contribution is -0.179. The van der Waals surface area contributed by atoms with Crippen molar-refractivity contribution in [2.45, 2.75) is 31.0 Å². The number of nitrogens with zero attached hydrogens (tertiary/aromatic N) is 4. The number of carbonyl (C=O) groups is 2. The largest absolute Gasteiger partial charge is 0.353 e. The van der Waals surface area contributed by atoms with Crippen LogP contribution in [0.1, 0.15) is 29.6 Å². The molecule has 3 saturated heterocycles. The number of fused-ring (bicyclic) bond motifs is 1. The summed E-state index contributed by atoms with van der Waals surface area (Å²) in [4.78, 5) is 29.0. The van der Waals surface area contributed by atoms with E-state index in [1.54, 1.807) is 23.1 Å². The lowest BCUT2D eigenvalue weighted by Gasteiger charge is -2.42. The molecule has 8 nitrogen and oxygen atoms in total. The topological polar surface area (TPSA) is 91.4 Å². The normalized spacial score (nSPS) is 29.2. The fourth-order valence-corrected chi connectivity index (χ4v) is 4.33. The van der Waals surface area contributed by atoms with Gasteiger partial charge in [-0.3, -0.25) is 9.59 Å². The Bertz CT molecular complexity index is 849. The molecule has 24 heavy (non-hydrogen) atoms. The first kappa shape index (κ1) is 13.9. The average Bonchev–Trinajstić information content (AvgIpc) is 3.26. The molecule has 2 aromatic rings. The number of aromatic nitrogens is 3. The van der Waals surface area contributed by atoms with Gasteiger partial charge in [0.1, 0.15) is 11.0 Å². The van der Waals surface area contributed by atoms with E-state index in [-0.39, 0.29) is 17.9 Å². The standard InChI is InChI=1S/C16H17N5O3/c22-14-9-13-16(21(14)5-1-7-24-16)4-6-20(13)15(23)10-2-3-11-12(8-10)18-19-17-11/h2-3,8,13H,1,4-7,9H2,(H,17,18,19)/t13-,16+/m1/s1. The van der Waals surface area contributed by atoms with Gasteiger partial charge in [0.25, 0.3) is 5.91 Å². The Labute approximate surface area is 137 Å². The molecule has 0 radical (unpaired) electrons. The Morgan fingerprint density at radius 2 is 2.17 bits per heavy atom. The lowest BCUT2D eigenvalue weighted by atomic mass is 10.0. The van der Waals surface area contributed by atoms with Crippen LogP contribution in [-0.2, 0) is 9.53 Å². The predicted molar refractivity (Wildman–Crippen MR) is 83.0 cm³/mol. The van der Waals surface area contributed by atoms with Crippen molar-refractivity contribution in [2.75, 3.05) is 19.7 Å². The van der Waals surface area contributed by atoms with Crippen molar-refractivity contribution in [2.24, 2.45) is 0 Å². The van der Waals surface area contributed by atoms with Crippen molar-refractivity contribution in [1.82, 2.24) is 25.2 Å². The highest BCUT2D eigenvalue weighted by molar-refractivity contribution is 5.98. The van der Waals surface area contributed by atoms with Gasteiger partial charge in [0, 0.05) is 25.1 Å². The highest BCUT2D eigenvalue weighted by Crippen LogP contribution is 2.45. The third kappa shape index (κ3) is 1.71. The Kier molecular flexibility index (Phi) is 2.76. The number of rotatable bonds is 1. The molecular weight excluding hydrogens is 310 g/mol. The summed E-state index contributed by atoms with van der Waals surface area (Å²) in [6, 6.07) is 5.07. The van der Waals surface area contributed by atoms with Gasteiger partial charge in [-0.05, 0) is 24.6 Å². The Morgan fingerprint density at radius 3 is 3.08 bits per heavy atom. The predicted octanol–water partition coefficient (Wildman–Crippen LogP) is 0.521. The van der Waals surface area contributed by atoms with E-state index in [4.69, 9.17) is 4.74 Å². The SMILES string of the molecule is O=C(c1ccc2n[nH]nc2c1)N1CC[C@@]23OCCCN2C(=O)C[C@@H]13. The molecule has 0 saturated carbocycles. The second kappa shape index (κ2) is 4.76. The number of ether oxygens (including phenoxy) is 1. The van der Waals surface area contributed by atoms with E-state index < -0.39 is 5.72 Å². The summed E-state index contributed by atoms with van der Waals surface area (Å²) < 4.78 is 6.04. The van der Waals surface area contributed by atoms with Gasteiger partial charge in [-0.25, -0.2) is 0 Å². The van der Waals surface area contributed by atoms with Crippen LogP contribution < -0.4 is 0 Å². The highest BCUT2D eigenvalue weighted by atomic mass is 16.5. The molecule has 1 aromatic carbocycles. The summed E-state index contributed by atoms with van der Waals surface area (Å²) in [5.74, 6) is 0.00903. The molecule has 4 heterocycles. The summed E-state index contributed by atoms with van der Waals surface area (Å²) >= 11 is 0. The van der Waals surface area contributed by atoms with Gasteiger partial charge in [-0.2, -0.15) is 15.4 Å². The summed E-state index contributed by atoms with van der Waals surface area (Å²) in [6.45, 7) is 1.97. The van der Waals surface area contributed by atoms with Crippen LogP contribution in [0, 0.1) is 0 Å². The van der Waals surface area contributed by atoms with Gasteiger partial charge in [0.05, 0.1) is 19.1 Å². The maximum atomic E-state index is 13.0. The zero-order valence-electron chi connectivity index (χ0n) is 13.1. The lowest BCUT2D eigenvalue weighted by Crippen LogP contribution is -2.56. The molecule has 1 aromatic heterocycles. The van der Waals surface area contributed by atoms with Crippen LogP contribution in [0.5, 0.6) is 0 Å². The number of hydrogen-bond acceptors (Lipinski definition) is 5. The smallest absolute Gasteiger partial charge is 0.254 e. The number of benzene rings is 1. The molecule has 3 fully saturated rings. The highest BCUT2D eigenvalue weighted by Gasteiger charge is 2.61. The van der Waals surface area contributed by atoms with Crippen molar-refractivity contribution < 1.29 is 14.3 Å². The van der Waals surface area contributed by atoms with E-state index in [1.807, 2.05) is 4.90 Å². The maximum Gasteiger partial charge on any atom is 0.254 e. The summed E-state index contributed by atoms with van der Waals surface area (Å²) in [5, 5.41) is 10.6. The molecule has 3 aliphatic rings. The number of hydrogen-bond donors (Lipinski definition) is 1. The Hall–Kier alpha value is -2.48. The zero-order valence-corrected chi connectivity index (χ0v) is 13.1. The van der Waals surface area contributed by atoms with Gasteiger partial charge < -0.3 is 14.5 Å². The molecule has 1 N–H and O–H groups in total. The van der Waals surface area contributed by atoms with Crippen LogP contribution >= 0.6 is 0 Å². The minimum absolute atomic E-state index is 0.0781. The molecule has 1 spiro atoms. The molecule has 8 heteroatoms. The van der Waals surface area contributed by atoms with Gasteiger partial charge in [0.2, 0.25) is 5.91 Å². The number of nitrogens with one attached hydrogen (secondary N) is 1. The van der Waals surface area contributed by atoms with E-state index in [1.165, 1.54) is 0 Å². The van der Waals surface area contributed by atoms with E-state index in [0.717, 1.165) is 18.5 Å². The summed E-state index contributed by atoms with van der Waals surface area (Å²) in [5.41, 5.74) is 1.34. The first-order valence-corrected chi connectivity index (χ1v) is 8.25. The van der Waals surface area contributed by atoms with E-state index in [0.29, 0.717) is 37.1 Å². The number of carbonyl (C=O) groups excluding carboxylic acids is 2. The fraction of sp³-hybridized carbons (Fsp3) is 0.500.